The van der Waals surface area contributed by atoms with Gasteiger partial charge in [0.05, 0.1) is 11.3 Å². The van der Waals surface area contributed by atoms with Crippen molar-refractivity contribution in [2.75, 3.05) is 5.32 Å². The zero-order valence-electron chi connectivity index (χ0n) is 11.2. The molecule has 2 N–H and O–H groups in total. The number of carbonyl (C=O) groups is 2. The number of aromatic nitrogens is 3. The number of hydrogen-bond donors (Lipinski definition) is 2. The van der Waals surface area contributed by atoms with Crippen LogP contribution >= 0.6 is 11.8 Å². The lowest BCUT2D eigenvalue weighted by Gasteiger charge is -2.05. The molecule has 0 fully saturated rings. The molecule has 1 aliphatic heterocycles. The molecule has 0 spiro atoms. The Bertz CT molecular complexity index is 793. The highest BCUT2D eigenvalue weighted by Gasteiger charge is 2.28. The second kappa shape index (κ2) is 5.21. The summed E-state index contributed by atoms with van der Waals surface area (Å²) >= 11 is 1.30. The van der Waals surface area contributed by atoms with Crippen LogP contribution < -0.4 is 11.0 Å². The number of nitrogens with zero attached hydrogens (tertiary/aromatic N) is 2. The molecule has 3 rings (SSSR count). The Hall–Kier alpha value is -2.35. The lowest BCUT2D eigenvalue weighted by molar-refractivity contribution is -0.112. The van der Waals surface area contributed by atoms with Crippen molar-refractivity contribution in [1.29, 1.82) is 0 Å². The highest BCUT2D eigenvalue weighted by atomic mass is 32.2. The van der Waals surface area contributed by atoms with E-state index in [0.717, 1.165) is 11.3 Å². The van der Waals surface area contributed by atoms with Gasteiger partial charge in [-0.1, -0.05) is 6.92 Å². The van der Waals surface area contributed by atoms with E-state index in [1.54, 1.807) is 22.8 Å². The normalized spacial score (nSPS) is 13.4. The number of nitrogens with one attached hydrogen (secondary N) is 2. The molecule has 21 heavy (non-hydrogen) atoms. The summed E-state index contributed by atoms with van der Waals surface area (Å²) in [5.74, 6) is -1.14. The molecule has 0 radical (unpaired) electrons. The first-order chi connectivity index (χ1) is 10.1. The summed E-state index contributed by atoms with van der Waals surface area (Å²) in [6.07, 6.45) is 0.821. The Kier molecular flexibility index (Phi) is 3.38. The van der Waals surface area contributed by atoms with E-state index in [9.17, 15) is 14.4 Å². The monoisotopic (exact) mass is 304 g/mol. The predicted molar refractivity (Wildman–Crippen MR) is 76.7 cm³/mol. The molecule has 0 atom stereocenters. The number of fused-ring (bicyclic) bond motifs is 1. The molecule has 7 nitrogen and oxygen atoms in total. The molecule has 1 aliphatic rings. The summed E-state index contributed by atoms with van der Waals surface area (Å²) < 4.78 is 1.56. The first kappa shape index (κ1) is 13.6. The molecule has 8 heteroatoms. The molecule has 1 aromatic carbocycles. The van der Waals surface area contributed by atoms with Crippen LogP contribution in [0.1, 0.15) is 23.7 Å². The maximum atomic E-state index is 11.6. The van der Waals surface area contributed by atoms with E-state index < -0.39 is 11.7 Å². The maximum absolute atomic E-state index is 11.6. The number of ketones is 1. The van der Waals surface area contributed by atoms with E-state index in [-0.39, 0.29) is 5.69 Å². The fraction of sp³-hybridized carbons (Fsp3) is 0.231. The van der Waals surface area contributed by atoms with Gasteiger partial charge in [0.15, 0.2) is 5.16 Å². The van der Waals surface area contributed by atoms with Gasteiger partial charge in [0, 0.05) is 11.4 Å². The number of rotatable bonds is 4. The summed E-state index contributed by atoms with van der Waals surface area (Å²) in [4.78, 5) is 35.3. The smallest absolute Gasteiger partial charge is 0.318 e. The Balaban J connectivity index is 1.90. The molecule has 0 unspecified atom stereocenters. The number of carbonyl (C=O) groups excluding carboxylic acids is 2. The molecule has 2 heterocycles. The lowest BCUT2D eigenvalue weighted by atomic mass is 10.1. The summed E-state index contributed by atoms with van der Waals surface area (Å²) in [6, 6.07) is 5.04. The van der Waals surface area contributed by atoms with Crippen molar-refractivity contribution in [2.24, 2.45) is 0 Å². The topological polar surface area (TPSA) is 96.8 Å². The van der Waals surface area contributed by atoms with Crippen LogP contribution in [0.2, 0.25) is 0 Å². The van der Waals surface area contributed by atoms with Crippen LogP contribution in [-0.4, -0.2) is 26.5 Å². The lowest BCUT2D eigenvalue weighted by Crippen LogP contribution is -2.17. The first-order valence-electron chi connectivity index (χ1n) is 6.43. The van der Waals surface area contributed by atoms with Gasteiger partial charge in [-0.3, -0.25) is 14.2 Å². The third-order valence-corrected chi connectivity index (χ3v) is 4.05. The van der Waals surface area contributed by atoms with Crippen molar-refractivity contribution in [3.05, 3.63) is 34.2 Å². The van der Waals surface area contributed by atoms with Gasteiger partial charge >= 0.3 is 5.69 Å². The highest BCUT2D eigenvalue weighted by Crippen LogP contribution is 2.31. The van der Waals surface area contributed by atoms with E-state index >= 15 is 0 Å². The number of benzene rings is 1. The van der Waals surface area contributed by atoms with Crippen molar-refractivity contribution in [1.82, 2.24) is 14.8 Å². The quantitative estimate of drug-likeness (QED) is 0.829. The zero-order chi connectivity index (χ0) is 15.0. The van der Waals surface area contributed by atoms with Gasteiger partial charge in [0.1, 0.15) is 0 Å². The third kappa shape index (κ3) is 2.38. The minimum atomic E-state index is -0.616. The Morgan fingerprint density at radius 3 is 2.86 bits per heavy atom. The average Bonchev–Trinajstić information content (AvgIpc) is 2.94. The van der Waals surface area contributed by atoms with Gasteiger partial charge in [-0.05, 0) is 36.4 Å². The summed E-state index contributed by atoms with van der Waals surface area (Å²) in [7, 11) is 0. The first-order valence-corrected chi connectivity index (χ1v) is 7.24. The fourth-order valence-electron chi connectivity index (χ4n) is 2.10. The highest BCUT2D eigenvalue weighted by molar-refractivity contribution is 7.99. The van der Waals surface area contributed by atoms with E-state index in [4.69, 9.17) is 0 Å². The Morgan fingerprint density at radius 1 is 1.29 bits per heavy atom. The standard InChI is InChI=1S/C13H12N4O3S/c1-2-5-17-12(20)15-16-13(17)21-7-3-4-8-9(6-7)14-11(19)10(8)18/h3-4,6H,2,5H2,1H3,(H,15,20)(H,14,18,19). The third-order valence-electron chi connectivity index (χ3n) is 3.07. The van der Waals surface area contributed by atoms with Crippen LogP contribution in [0.5, 0.6) is 0 Å². The van der Waals surface area contributed by atoms with Crippen LogP contribution in [0, 0.1) is 0 Å². The molecule has 108 valence electrons. The predicted octanol–water partition coefficient (Wildman–Crippen LogP) is 1.27. The molecule has 1 aromatic heterocycles. The minimum Gasteiger partial charge on any atom is -0.318 e. The summed E-state index contributed by atoms with van der Waals surface area (Å²) in [6.45, 7) is 2.56. The largest absolute Gasteiger partial charge is 0.343 e. The number of Topliss-reactive ketones (excluding diaryl/α,β-unsaturated/α-hetero) is 1. The molecule has 0 aliphatic carbocycles. The van der Waals surface area contributed by atoms with Crippen LogP contribution in [0.3, 0.4) is 0 Å². The molecule has 0 saturated carbocycles. The SMILES string of the molecule is CCCn1c(Sc2ccc3c(c2)NC(=O)C3=O)n[nH]c1=O. The average molecular weight is 304 g/mol. The van der Waals surface area contributed by atoms with Crippen molar-refractivity contribution in [2.45, 2.75) is 29.9 Å². The van der Waals surface area contributed by atoms with Gasteiger partial charge in [-0.2, -0.15) is 0 Å². The number of amides is 1. The molecular weight excluding hydrogens is 292 g/mol. The Labute approximate surface area is 123 Å². The van der Waals surface area contributed by atoms with E-state index in [1.165, 1.54) is 11.8 Å². The molecule has 0 bridgehead atoms. The van der Waals surface area contributed by atoms with Crippen LogP contribution in [0.25, 0.3) is 0 Å². The second-order valence-corrected chi connectivity index (χ2v) is 5.60. The van der Waals surface area contributed by atoms with E-state index in [0.29, 0.717) is 23.0 Å². The summed E-state index contributed by atoms with van der Waals surface area (Å²) in [5.41, 5.74) is 0.622. The van der Waals surface area contributed by atoms with E-state index in [1.807, 2.05) is 6.92 Å². The van der Waals surface area contributed by atoms with Crippen molar-refractivity contribution in [3.8, 4) is 0 Å². The molecule has 2 aromatic rings. The molecule has 1 amide bonds. The van der Waals surface area contributed by atoms with Gasteiger partial charge in [0.25, 0.3) is 11.7 Å². The van der Waals surface area contributed by atoms with Gasteiger partial charge in [-0.15, -0.1) is 5.10 Å². The summed E-state index contributed by atoms with van der Waals surface area (Å²) in [5, 5.41) is 9.48. The number of hydrogen-bond acceptors (Lipinski definition) is 5. The molecular formula is C13H12N4O3S. The number of H-pyrrole nitrogens is 1. The van der Waals surface area contributed by atoms with Crippen molar-refractivity contribution >= 4 is 29.1 Å². The van der Waals surface area contributed by atoms with Crippen molar-refractivity contribution in [3.63, 3.8) is 0 Å². The zero-order valence-corrected chi connectivity index (χ0v) is 12.0. The Morgan fingerprint density at radius 2 is 2.10 bits per heavy atom. The number of anilines is 1. The van der Waals surface area contributed by atoms with Crippen LogP contribution in [0.15, 0.2) is 33.0 Å². The van der Waals surface area contributed by atoms with Crippen molar-refractivity contribution < 1.29 is 9.59 Å². The van der Waals surface area contributed by atoms with E-state index in [2.05, 4.69) is 15.5 Å². The maximum Gasteiger partial charge on any atom is 0.343 e. The van der Waals surface area contributed by atoms with Gasteiger partial charge < -0.3 is 5.32 Å². The van der Waals surface area contributed by atoms with Gasteiger partial charge in [-0.25, -0.2) is 9.89 Å². The minimum absolute atomic E-state index is 0.246. The van der Waals surface area contributed by atoms with Gasteiger partial charge in [0.2, 0.25) is 0 Å². The number of aromatic amines is 1. The van der Waals surface area contributed by atoms with Crippen LogP contribution in [-0.2, 0) is 11.3 Å². The second-order valence-electron chi connectivity index (χ2n) is 4.56. The fourth-order valence-corrected chi connectivity index (χ4v) is 3.00. The molecule has 0 saturated heterocycles. The van der Waals surface area contributed by atoms with Crippen LogP contribution in [0.4, 0.5) is 5.69 Å².